The second-order valence-electron chi connectivity index (χ2n) is 5.06. The molecular weight excluding hydrogens is 276 g/mol. The fraction of sp³-hybridized carbons (Fsp3) is 0.235. The summed E-state index contributed by atoms with van der Waals surface area (Å²) in [5, 5.41) is 5.97. The van der Waals surface area contributed by atoms with Crippen LogP contribution >= 0.6 is 0 Å². The minimum Gasteiger partial charge on any atom is -0.347 e. The van der Waals surface area contributed by atoms with E-state index in [1.54, 1.807) is 19.1 Å². The van der Waals surface area contributed by atoms with Crippen molar-refractivity contribution in [2.45, 2.75) is 20.8 Å². The summed E-state index contributed by atoms with van der Waals surface area (Å²) in [6.45, 7) is 9.84. The van der Waals surface area contributed by atoms with Crippen molar-refractivity contribution in [2.24, 2.45) is 0 Å². The first-order valence-corrected chi connectivity index (χ1v) is 7.09. The molecule has 0 unspecified atom stereocenters. The number of nitrogens with zero attached hydrogens (tertiary/aromatic N) is 2. The monoisotopic (exact) mass is 296 g/mol. The number of carbonyl (C=O) groups is 1. The second-order valence-corrected chi connectivity index (χ2v) is 5.06. The summed E-state index contributed by atoms with van der Waals surface area (Å²) >= 11 is 0. The Hall–Kier alpha value is -2.69. The SMILES string of the molecule is C=CCNC(=O)c1cc(Nc2cccc(C)c2C)nc(C)n1. The van der Waals surface area contributed by atoms with Gasteiger partial charge in [-0.25, -0.2) is 9.97 Å². The van der Waals surface area contributed by atoms with Gasteiger partial charge in [0, 0.05) is 18.3 Å². The van der Waals surface area contributed by atoms with Crippen LogP contribution in [0.15, 0.2) is 36.9 Å². The lowest BCUT2D eigenvalue weighted by Gasteiger charge is -2.12. The number of hydrogen-bond acceptors (Lipinski definition) is 4. The minimum absolute atomic E-state index is 0.241. The van der Waals surface area contributed by atoms with E-state index in [2.05, 4.69) is 40.2 Å². The smallest absolute Gasteiger partial charge is 0.270 e. The van der Waals surface area contributed by atoms with Crippen LogP contribution in [0.25, 0.3) is 0 Å². The molecule has 1 heterocycles. The number of aryl methyl sites for hydroxylation is 2. The first-order chi connectivity index (χ1) is 10.5. The van der Waals surface area contributed by atoms with Crippen LogP contribution in [0.2, 0.25) is 0 Å². The highest BCUT2D eigenvalue weighted by atomic mass is 16.1. The van der Waals surface area contributed by atoms with Gasteiger partial charge in [-0.15, -0.1) is 6.58 Å². The Morgan fingerprint density at radius 1 is 1.27 bits per heavy atom. The van der Waals surface area contributed by atoms with Crippen molar-refractivity contribution in [1.29, 1.82) is 0 Å². The van der Waals surface area contributed by atoms with Crippen molar-refractivity contribution in [3.8, 4) is 0 Å². The van der Waals surface area contributed by atoms with Gasteiger partial charge in [-0.1, -0.05) is 18.2 Å². The van der Waals surface area contributed by atoms with E-state index in [1.165, 1.54) is 5.56 Å². The predicted octanol–water partition coefficient (Wildman–Crippen LogP) is 3.06. The van der Waals surface area contributed by atoms with E-state index in [0.29, 0.717) is 23.9 Å². The molecule has 5 nitrogen and oxygen atoms in total. The third-order valence-corrected chi connectivity index (χ3v) is 3.34. The van der Waals surface area contributed by atoms with Crippen molar-refractivity contribution in [3.63, 3.8) is 0 Å². The maximum Gasteiger partial charge on any atom is 0.270 e. The molecule has 2 rings (SSSR count). The van der Waals surface area contributed by atoms with Crippen molar-refractivity contribution in [1.82, 2.24) is 15.3 Å². The van der Waals surface area contributed by atoms with Gasteiger partial charge in [0.05, 0.1) is 0 Å². The van der Waals surface area contributed by atoms with E-state index in [4.69, 9.17) is 0 Å². The molecule has 1 aromatic heterocycles. The van der Waals surface area contributed by atoms with Crippen molar-refractivity contribution >= 4 is 17.4 Å². The van der Waals surface area contributed by atoms with Crippen LogP contribution in [-0.4, -0.2) is 22.4 Å². The van der Waals surface area contributed by atoms with Gasteiger partial charge < -0.3 is 10.6 Å². The summed E-state index contributed by atoms with van der Waals surface area (Å²) in [6, 6.07) is 7.67. The van der Waals surface area contributed by atoms with Crippen LogP contribution in [0.5, 0.6) is 0 Å². The maximum atomic E-state index is 12.0. The second kappa shape index (κ2) is 6.85. The van der Waals surface area contributed by atoms with Gasteiger partial charge >= 0.3 is 0 Å². The summed E-state index contributed by atoms with van der Waals surface area (Å²) in [5.41, 5.74) is 3.65. The number of benzene rings is 1. The molecule has 0 aliphatic heterocycles. The lowest BCUT2D eigenvalue weighted by atomic mass is 10.1. The molecule has 0 saturated heterocycles. The van der Waals surface area contributed by atoms with Crippen LogP contribution in [-0.2, 0) is 0 Å². The van der Waals surface area contributed by atoms with Gasteiger partial charge in [0.25, 0.3) is 5.91 Å². The van der Waals surface area contributed by atoms with Crippen LogP contribution in [0.4, 0.5) is 11.5 Å². The molecule has 114 valence electrons. The van der Waals surface area contributed by atoms with Gasteiger partial charge in [0.1, 0.15) is 17.3 Å². The molecular formula is C17H20N4O. The molecule has 0 fully saturated rings. The van der Waals surface area contributed by atoms with Gasteiger partial charge in [-0.2, -0.15) is 0 Å². The lowest BCUT2D eigenvalue weighted by Crippen LogP contribution is -2.24. The van der Waals surface area contributed by atoms with Crippen LogP contribution < -0.4 is 10.6 Å². The summed E-state index contributed by atoms with van der Waals surface area (Å²) in [4.78, 5) is 20.5. The zero-order valence-electron chi connectivity index (χ0n) is 13.1. The average molecular weight is 296 g/mol. The van der Waals surface area contributed by atoms with Gasteiger partial charge in [0.15, 0.2) is 0 Å². The van der Waals surface area contributed by atoms with E-state index in [9.17, 15) is 4.79 Å². The van der Waals surface area contributed by atoms with E-state index in [1.807, 2.05) is 19.1 Å². The Morgan fingerprint density at radius 2 is 2.05 bits per heavy atom. The molecule has 0 saturated carbocycles. The molecule has 5 heteroatoms. The topological polar surface area (TPSA) is 66.9 Å². The molecule has 0 aliphatic rings. The highest BCUT2D eigenvalue weighted by Gasteiger charge is 2.10. The molecule has 1 amide bonds. The molecule has 22 heavy (non-hydrogen) atoms. The Kier molecular flexibility index (Phi) is 4.88. The Balaban J connectivity index is 2.28. The van der Waals surface area contributed by atoms with Crippen LogP contribution in [0.3, 0.4) is 0 Å². The molecule has 2 aromatic rings. The van der Waals surface area contributed by atoms with E-state index < -0.39 is 0 Å². The van der Waals surface area contributed by atoms with E-state index in [-0.39, 0.29) is 5.91 Å². The molecule has 0 spiro atoms. The van der Waals surface area contributed by atoms with Gasteiger partial charge in [-0.05, 0) is 38.0 Å². The zero-order chi connectivity index (χ0) is 16.1. The Morgan fingerprint density at radius 3 is 2.77 bits per heavy atom. The largest absolute Gasteiger partial charge is 0.347 e. The third-order valence-electron chi connectivity index (χ3n) is 3.34. The molecule has 1 aromatic carbocycles. The van der Waals surface area contributed by atoms with Crippen molar-refractivity contribution in [3.05, 3.63) is 59.6 Å². The predicted molar refractivity (Wildman–Crippen MR) is 88.5 cm³/mol. The maximum absolute atomic E-state index is 12.0. The lowest BCUT2D eigenvalue weighted by molar-refractivity contribution is 0.0952. The molecule has 0 aliphatic carbocycles. The Labute approximate surface area is 130 Å². The number of anilines is 2. The quantitative estimate of drug-likeness (QED) is 0.832. The fourth-order valence-corrected chi connectivity index (χ4v) is 2.03. The number of rotatable bonds is 5. The summed E-state index contributed by atoms with van der Waals surface area (Å²) < 4.78 is 0. The summed E-state index contributed by atoms with van der Waals surface area (Å²) in [7, 11) is 0. The van der Waals surface area contributed by atoms with E-state index in [0.717, 1.165) is 11.3 Å². The number of carbonyl (C=O) groups excluding carboxylic acids is 1. The first kappa shape index (κ1) is 15.7. The zero-order valence-corrected chi connectivity index (χ0v) is 13.1. The highest BCUT2D eigenvalue weighted by molar-refractivity contribution is 5.93. The number of amides is 1. The van der Waals surface area contributed by atoms with Crippen LogP contribution in [0, 0.1) is 20.8 Å². The Bertz CT molecular complexity index is 710. The van der Waals surface area contributed by atoms with Gasteiger partial charge in [-0.3, -0.25) is 4.79 Å². The van der Waals surface area contributed by atoms with Crippen LogP contribution in [0.1, 0.15) is 27.4 Å². The van der Waals surface area contributed by atoms with Crippen molar-refractivity contribution in [2.75, 3.05) is 11.9 Å². The average Bonchev–Trinajstić information content (AvgIpc) is 2.49. The normalized spacial score (nSPS) is 10.1. The number of hydrogen-bond donors (Lipinski definition) is 2. The van der Waals surface area contributed by atoms with Crippen molar-refractivity contribution < 1.29 is 4.79 Å². The number of aromatic nitrogens is 2. The summed E-state index contributed by atoms with van der Waals surface area (Å²) in [6.07, 6.45) is 1.63. The van der Waals surface area contributed by atoms with E-state index >= 15 is 0 Å². The molecule has 0 bridgehead atoms. The third kappa shape index (κ3) is 3.69. The highest BCUT2D eigenvalue weighted by Crippen LogP contribution is 2.22. The van der Waals surface area contributed by atoms with Gasteiger partial charge in [0.2, 0.25) is 0 Å². The first-order valence-electron chi connectivity index (χ1n) is 7.09. The molecule has 0 radical (unpaired) electrons. The molecule has 2 N–H and O–H groups in total. The minimum atomic E-state index is -0.241. The molecule has 0 atom stereocenters. The summed E-state index contributed by atoms with van der Waals surface area (Å²) in [5.74, 6) is 0.901. The standard InChI is InChI=1S/C17H20N4O/c1-5-9-18-17(22)15-10-16(20-13(4)19-15)21-14-8-6-7-11(2)12(14)3/h5-8,10H,1,9H2,2-4H3,(H,18,22)(H,19,20,21). The fourth-order valence-electron chi connectivity index (χ4n) is 2.03. The number of nitrogens with one attached hydrogen (secondary N) is 2.